The lowest BCUT2D eigenvalue weighted by Gasteiger charge is -2.21. The van der Waals surface area contributed by atoms with Crippen LogP contribution in [0.25, 0.3) is 0 Å². The summed E-state index contributed by atoms with van der Waals surface area (Å²) in [6.07, 6.45) is 0. The van der Waals surface area contributed by atoms with Crippen molar-refractivity contribution >= 4 is 25.2 Å². The summed E-state index contributed by atoms with van der Waals surface area (Å²) in [5.74, 6) is -1.46. The van der Waals surface area contributed by atoms with Gasteiger partial charge in [0.1, 0.15) is 5.57 Å². The molecule has 1 spiro atoms. The zero-order valence-corrected chi connectivity index (χ0v) is 15.4. The Morgan fingerprint density at radius 1 is 1.23 bits per heavy atom. The van der Waals surface area contributed by atoms with Crippen LogP contribution in [0.15, 0.2) is 45.5 Å². The van der Waals surface area contributed by atoms with E-state index in [4.69, 9.17) is 13.8 Å². The molecule has 10 heteroatoms. The Hall–Kier alpha value is -2.35. The van der Waals surface area contributed by atoms with E-state index in [1.807, 2.05) is 0 Å². The monoisotopic (exact) mass is 379 g/mol. The summed E-state index contributed by atoms with van der Waals surface area (Å²) in [7, 11) is -2.81. The molecule has 9 nitrogen and oxygen atoms in total. The van der Waals surface area contributed by atoms with Crippen LogP contribution in [0.3, 0.4) is 0 Å². The lowest BCUT2D eigenvalue weighted by molar-refractivity contribution is -0.138. The second kappa shape index (κ2) is 6.75. The van der Waals surface area contributed by atoms with Gasteiger partial charge in [-0.3, -0.25) is 9.36 Å². The number of hydrogen-bond donors (Lipinski definition) is 1. The third-order valence-electron chi connectivity index (χ3n) is 4.02. The van der Waals surface area contributed by atoms with Gasteiger partial charge in [-0.2, -0.15) is 5.11 Å². The van der Waals surface area contributed by atoms with Crippen LogP contribution in [0.4, 0.5) is 5.69 Å². The number of anilines is 1. The predicted molar refractivity (Wildman–Crippen MR) is 91.5 cm³/mol. The van der Waals surface area contributed by atoms with E-state index < -0.39 is 25.0 Å². The van der Waals surface area contributed by atoms with Gasteiger partial charge in [-0.1, -0.05) is 18.2 Å². The summed E-state index contributed by atoms with van der Waals surface area (Å²) in [6.45, 7) is 3.37. The van der Waals surface area contributed by atoms with E-state index in [0.29, 0.717) is 11.3 Å². The van der Waals surface area contributed by atoms with Crippen molar-refractivity contribution in [2.24, 2.45) is 10.2 Å². The third kappa shape index (κ3) is 2.51. The van der Waals surface area contributed by atoms with Gasteiger partial charge in [0.2, 0.25) is 5.54 Å². The number of carbonyl (C=O) groups excluding carboxylic acids is 2. The van der Waals surface area contributed by atoms with E-state index >= 15 is 0 Å². The summed E-state index contributed by atoms with van der Waals surface area (Å²) in [4.78, 5) is 25.4. The van der Waals surface area contributed by atoms with E-state index in [0.717, 1.165) is 7.11 Å². The first kappa shape index (κ1) is 18.4. The van der Waals surface area contributed by atoms with Crippen molar-refractivity contribution in [2.75, 3.05) is 25.6 Å². The highest BCUT2D eigenvalue weighted by Crippen LogP contribution is 2.63. The average molecular weight is 379 g/mol. The van der Waals surface area contributed by atoms with E-state index in [2.05, 4.69) is 15.5 Å². The maximum atomic E-state index is 13.2. The van der Waals surface area contributed by atoms with Crippen molar-refractivity contribution < 1.29 is 27.9 Å². The zero-order valence-electron chi connectivity index (χ0n) is 14.5. The highest BCUT2D eigenvalue weighted by molar-refractivity contribution is 7.58. The molecule has 0 fully saturated rings. The van der Waals surface area contributed by atoms with Gasteiger partial charge >= 0.3 is 13.6 Å². The smallest absolute Gasteiger partial charge is 0.382 e. The molecule has 0 aliphatic carbocycles. The first-order valence-corrected chi connectivity index (χ1v) is 9.55. The molecule has 26 heavy (non-hydrogen) atoms. The van der Waals surface area contributed by atoms with Gasteiger partial charge in [-0.15, -0.1) is 5.11 Å². The Kier molecular flexibility index (Phi) is 4.79. The molecule has 2 aliphatic heterocycles. The fraction of sp³-hybridized carbons (Fsp3) is 0.375. The van der Waals surface area contributed by atoms with Gasteiger partial charge in [-0.05, 0) is 19.9 Å². The molecule has 1 N–H and O–H groups in total. The number of methoxy groups -OCH3 is 1. The highest BCUT2D eigenvalue weighted by atomic mass is 31.2. The van der Waals surface area contributed by atoms with E-state index in [-0.39, 0.29) is 24.2 Å². The first-order chi connectivity index (χ1) is 12.4. The van der Waals surface area contributed by atoms with Crippen LogP contribution in [0, 0.1) is 0 Å². The Morgan fingerprint density at radius 3 is 2.50 bits per heavy atom. The van der Waals surface area contributed by atoms with Crippen molar-refractivity contribution in [3.05, 3.63) is 40.8 Å². The number of carbonyl (C=O) groups is 2. The molecule has 1 atom stereocenters. The normalized spacial score (nSPS) is 21.3. The molecular weight excluding hydrogens is 361 g/mol. The summed E-state index contributed by atoms with van der Waals surface area (Å²) < 4.78 is 28.6. The van der Waals surface area contributed by atoms with Gasteiger partial charge in [0.05, 0.1) is 20.3 Å². The van der Waals surface area contributed by atoms with Crippen LogP contribution in [0.1, 0.15) is 19.4 Å². The molecule has 0 bridgehead atoms. The van der Waals surface area contributed by atoms with Crippen LogP contribution in [-0.4, -0.2) is 32.2 Å². The van der Waals surface area contributed by atoms with Crippen LogP contribution in [-0.2, 0) is 33.5 Å². The number of para-hydroxylation sites is 1. The van der Waals surface area contributed by atoms with Crippen LogP contribution >= 0.6 is 7.60 Å². The molecule has 1 aromatic rings. The molecule has 0 radical (unpaired) electrons. The predicted octanol–water partition coefficient (Wildman–Crippen LogP) is 2.95. The summed E-state index contributed by atoms with van der Waals surface area (Å²) in [5.41, 5.74) is -1.43. The number of benzene rings is 1. The van der Waals surface area contributed by atoms with Gasteiger partial charge < -0.3 is 19.1 Å². The van der Waals surface area contributed by atoms with E-state index in [1.54, 1.807) is 38.1 Å². The summed E-state index contributed by atoms with van der Waals surface area (Å²) in [6, 6.07) is 6.76. The molecule has 0 saturated carbocycles. The van der Waals surface area contributed by atoms with Crippen molar-refractivity contribution in [3.63, 3.8) is 0 Å². The number of amides is 1. The molecule has 2 heterocycles. The Labute approximate surface area is 150 Å². The molecule has 2 aliphatic rings. The molecule has 138 valence electrons. The number of hydrogen-bond acceptors (Lipinski definition) is 8. The molecule has 1 amide bonds. The average Bonchev–Trinajstić information content (AvgIpc) is 3.16. The van der Waals surface area contributed by atoms with Gasteiger partial charge in [0, 0.05) is 11.3 Å². The Balaban J connectivity index is 2.29. The number of nitrogens with zero attached hydrogens (tertiary/aromatic N) is 2. The van der Waals surface area contributed by atoms with Gasteiger partial charge in [0.15, 0.2) is 5.44 Å². The molecule has 3 rings (SSSR count). The maximum absolute atomic E-state index is 13.2. The minimum atomic E-state index is -3.97. The van der Waals surface area contributed by atoms with Crippen LogP contribution < -0.4 is 5.32 Å². The molecule has 0 saturated heterocycles. The topological polar surface area (TPSA) is 116 Å². The first-order valence-electron chi connectivity index (χ1n) is 8.01. The molecule has 0 aromatic heterocycles. The summed E-state index contributed by atoms with van der Waals surface area (Å²) in [5, 5.41) is 10.6. The lowest BCUT2D eigenvalue weighted by Crippen LogP contribution is -2.36. The van der Waals surface area contributed by atoms with Crippen molar-refractivity contribution in [1.82, 2.24) is 0 Å². The van der Waals surface area contributed by atoms with Crippen molar-refractivity contribution in [2.45, 2.75) is 19.4 Å². The fourth-order valence-corrected chi connectivity index (χ4v) is 4.69. The number of rotatable bonds is 6. The quantitative estimate of drug-likeness (QED) is 0.600. The standard InChI is InChI=1S/C16H18N3O6P/c1-4-24-26(22,25-5-2)13-12(14(20)23-3)16(19-18-13)10-8-6-7-9-11(10)17-15(16)21/h6-9H,4-5H2,1-3H3,(H,17,21). The number of ether oxygens (including phenoxy) is 1. The highest BCUT2D eigenvalue weighted by Gasteiger charge is 2.60. The number of esters is 1. The Bertz CT molecular complexity index is 870. The fourth-order valence-electron chi connectivity index (χ4n) is 3.01. The van der Waals surface area contributed by atoms with Gasteiger partial charge in [0.25, 0.3) is 5.91 Å². The zero-order chi connectivity index (χ0) is 18.9. The largest absolute Gasteiger partial charge is 0.466 e. The lowest BCUT2D eigenvalue weighted by atomic mass is 9.85. The van der Waals surface area contributed by atoms with Crippen LogP contribution in [0.5, 0.6) is 0 Å². The van der Waals surface area contributed by atoms with Crippen LogP contribution in [0.2, 0.25) is 0 Å². The number of nitrogens with one attached hydrogen (secondary N) is 1. The van der Waals surface area contributed by atoms with Crippen molar-refractivity contribution in [1.29, 1.82) is 0 Å². The second-order valence-corrected chi connectivity index (χ2v) is 7.37. The minimum Gasteiger partial charge on any atom is -0.466 e. The summed E-state index contributed by atoms with van der Waals surface area (Å²) >= 11 is 0. The maximum Gasteiger partial charge on any atom is 0.382 e. The van der Waals surface area contributed by atoms with Crippen molar-refractivity contribution in [3.8, 4) is 0 Å². The number of azo groups is 1. The second-order valence-electron chi connectivity index (χ2n) is 5.43. The third-order valence-corrected chi connectivity index (χ3v) is 6.05. The van der Waals surface area contributed by atoms with E-state index in [9.17, 15) is 14.2 Å². The van der Waals surface area contributed by atoms with E-state index in [1.165, 1.54) is 0 Å². The minimum absolute atomic E-state index is 0.0561. The molecule has 1 aromatic carbocycles. The van der Waals surface area contributed by atoms with Gasteiger partial charge in [-0.25, -0.2) is 4.79 Å². The number of fused-ring (bicyclic) bond motifs is 2. The molecular formula is C16H18N3O6P. The molecule has 1 unspecified atom stereocenters. The Morgan fingerprint density at radius 2 is 1.88 bits per heavy atom. The SMILES string of the molecule is CCOP(=O)(OCC)C1=C(C(=O)OC)C2(N=N1)C(=O)Nc1ccccc12.